The number of ketones is 1. The molecule has 4 heteroatoms. The van der Waals surface area contributed by atoms with Gasteiger partial charge in [-0.25, -0.2) is 0 Å². The SMILES string of the molecule is CCO[C@@]12C3CC[C@@H](C)[C@@H]1CC[C@H](C)O[C@H]2COC(CC(C)=O)[C@@H]3C. The second-order valence-electron chi connectivity index (χ2n) is 8.70. The number of Topliss-reactive ketones (excluding diaryl/α,β-unsaturated/α-hetero) is 1. The minimum absolute atomic E-state index is 0.0141. The third-order valence-corrected chi connectivity index (χ3v) is 7.13. The molecular weight excluding hydrogens is 316 g/mol. The van der Waals surface area contributed by atoms with Gasteiger partial charge in [0.1, 0.15) is 17.5 Å². The Labute approximate surface area is 153 Å². The largest absolute Gasteiger partial charge is 0.375 e. The van der Waals surface area contributed by atoms with Crippen LogP contribution in [0.4, 0.5) is 0 Å². The number of rotatable bonds is 4. The van der Waals surface area contributed by atoms with Gasteiger partial charge in [-0.15, -0.1) is 0 Å². The third-order valence-electron chi connectivity index (χ3n) is 7.13. The summed E-state index contributed by atoms with van der Waals surface area (Å²) in [6, 6.07) is 0. The van der Waals surface area contributed by atoms with E-state index in [1.165, 1.54) is 12.8 Å². The summed E-state index contributed by atoms with van der Waals surface area (Å²) < 4.78 is 19.4. The Kier molecular flexibility index (Phi) is 5.92. The molecule has 2 saturated heterocycles. The van der Waals surface area contributed by atoms with Crippen LogP contribution in [0, 0.1) is 23.7 Å². The molecule has 0 bridgehead atoms. The Morgan fingerprint density at radius 1 is 1.12 bits per heavy atom. The Bertz CT molecular complexity index is 479. The molecule has 0 aromatic rings. The Hall–Kier alpha value is -0.450. The molecule has 0 radical (unpaired) electrons. The van der Waals surface area contributed by atoms with Crippen molar-refractivity contribution in [3.8, 4) is 0 Å². The van der Waals surface area contributed by atoms with Crippen LogP contribution < -0.4 is 0 Å². The van der Waals surface area contributed by atoms with Gasteiger partial charge in [0.2, 0.25) is 0 Å². The molecule has 8 atom stereocenters. The first kappa shape index (κ1) is 19.3. The fourth-order valence-electron chi connectivity index (χ4n) is 6.00. The van der Waals surface area contributed by atoms with Crippen LogP contribution >= 0.6 is 0 Å². The summed E-state index contributed by atoms with van der Waals surface area (Å²) in [5.74, 6) is 2.08. The molecule has 2 unspecified atom stereocenters. The number of hydrogen-bond acceptors (Lipinski definition) is 4. The second-order valence-corrected chi connectivity index (χ2v) is 8.70. The summed E-state index contributed by atoms with van der Waals surface area (Å²) in [5, 5.41) is 0. The van der Waals surface area contributed by atoms with Crippen LogP contribution in [0.25, 0.3) is 0 Å². The Balaban J connectivity index is 2.03. The number of ether oxygens (including phenoxy) is 3. The molecule has 144 valence electrons. The van der Waals surface area contributed by atoms with E-state index in [1.54, 1.807) is 6.92 Å². The van der Waals surface area contributed by atoms with Crippen molar-refractivity contribution < 1.29 is 19.0 Å². The zero-order valence-corrected chi connectivity index (χ0v) is 16.6. The average Bonchev–Trinajstić information content (AvgIpc) is 2.75. The molecule has 0 aromatic carbocycles. The summed E-state index contributed by atoms with van der Waals surface area (Å²) in [6.07, 6.45) is 5.35. The highest BCUT2D eigenvalue weighted by Gasteiger charge is 2.61. The molecule has 3 rings (SSSR count). The number of carbonyl (C=O) groups excluding carboxylic acids is 1. The monoisotopic (exact) mass is 352 g/mol. The summed E-state index contributed by atoms with van der Waals surface area (Å²) in [7, 11) is 0. The van der Waals surface area contributed by atoms with Crippen molar-refractivity contribution in [3.05, 3.63) is 0 Å². The Morgan fingerprint density at radius 3 is 2.52 bits per heavy atom. The first-order valence-corrected chi connectivity index (χ1v) is 10.3. The minimum Gasteiger partial charge on any atom is -0.375 e. The zero-order chi connectivity index (χ0) is 18.2. The first-order valence-electron chi connectivity index (χ1n) is 10.3. The van der Waals surface area contributed by atoms with Gasteiger partial charge >= 0.3 is 0 Å². The number of hydrogen-bond donors (Lipinski definition) is 0. The highest BCUT2D eigenvalue weighted by molar-refractivity contribution is 5.76. The molecule has 2 aliphatic heterocycles. The van der Waals surface area contributed by atoms with Gasteiger partial charge in [-0.2, -0.15) is 0 Å². The van der Waals surface area contributed by atoms with E-state index in [1.807, 2.05) is 0 Å². The highest BCUT2D eigenvalue weighted by Crippen LogP contribution is 2.55. The molecule has 1 aliphatic carbocycles. The van der Waals surface area contributed by atoms with Crippen LogP contribution in [-0.2, 0) is 19.0 Å². The van der Waals surface area contributed by atoms with Crippen molar-refractivity contribution in [2.45, 2.75) is 90.6 Å². The predicted octanol–water partition coefficient (Wildman–Crippen LogP) is 4.01. The van der Waals surface area contributed by atoms with Gasteiger partial charge in [0, 0.05) is 13.0 Å². The van der Waals surface area contributed by atoms with Crippen molar-refractivity contribution in [3.63, 3.8) is 0 Å². The lowest BCUT2D eigenvalue weighted by atomic mass is 9.57. The lowest BCUT2D eigenvalue weighted by Gasteiger charge is -2.54. The van der Waals surface area contributed by atoms with E-state index in [0.29, 0.717) is 43.3 Å². The van der Waals surface area contributed by atoms with Crippen LogP contribution in [0.15, 0.2) is 0 Å². The second kappa shape index (κ2) is 7.66. The maximum absolute atomic E-state index is 11.8. The lowest BCUT2D eigenvalue weighted by Crippen LogP contribution is -2.62. The molecular formula is C21H36O4. The van der Waals surface area contributed by atoms with Crippen molar-refractivity contribution in [2.24, 2.45) is 23.7 Å². The average molecular weight is 353 g/mol. The van der Waals surface area contributed by atoms with Crippen LogP contribution in [-0.4, -0.2) is 42.9 Å². The third kappa shape index (κ3) is 3.42. The summed E-state index contributed by atoms with van der Waals surface area (Å²) in [6.45, 7) is 11.9. The molecule has 0 N–H and O–H groups in total. The van der Waals surface area contributed by atoms with Crippen LogP contribution in [0.2, 0.25) is 0 Å². The topological polar surface area (TPSA) is 44.8 Å². The van der Waals surface area contributed by atoms with Gasteiger partial charge in [0.25, 0.3) is 0 Å². The van der Waals surface area contributed by atoms with Gasteiger partial charge in [-0.3, -0.25) is 4.79 Å². The molecule has 25 heavy (non-hydrogen) atoms. The van der Waals surface area contributed by atoms with Gasteiger partial charge < -0.3 is 14.2 Å². The molecule has 4 nitrogen and oxygen atoms in total. The van der Waals surface area contributed by atoms with Gasteiger partial charge in [-0.1, -0.05) is 13.8 Å². The molecule has 1 saturated carbocycles. The molecule has 0 spiro atoms. The van der Waals surface area contributed by atoms with Gasteiger partial charge in [-0.05, 0) is 70.1 Å². The highest BCUT2D eigenvalue weighted by atomic mass is 16.6. The van der Waals surface area contributed by atoms with Crippen molar-refractivity contribution in [2.75, 3.05) is 13.2 Å². The lowest BCUT2D eigenvalue weighted by molar-refractivity contribution is -0.227. The first-order chi connectivity index (χ1) is 11.9. The summed E-state index contributed by atoms with van der Waals surface area (Å²) in [4.78, 5) is 11.8. The van der Waals surface area contributed by atoms with Gasteiger partial charge in [0.15, 0.2) is 0 Å². The minimum atomic E-state index is -0.262. The van der Waals surface area contributed by atoms with E-state index in [-0.39, 0.29) is 29.7 Å². The van der Waals surface area contributed by atoms with Crippen LogP contribution in [0.5, 0.6) is 0 Å². The molecule has 2 heterocycles. The van der Waals surface area contributed by atoms with E-state index in [0.717, 1.165) is 12.8 Å². The number of carbonyl (C=O) groups is 1. The van der Waals surface area contributed by atoms with E-state index in [4.69, 9.17) is 14.2 Å². The standard InChI is InChI=1S/C21H36O4/c1-6-24-21-17-10-8-15(4)25-20(21)12-23-19(11-14(3)22)16(5)18(21)9-7-13(17)2/h13,15-20H,6-12H2,1-5H3/t13-,15+,16-,17+,18?,19?,20+,21-/m1/s1. The summed E-state index contributed by atoms with van der Waals surface area (Å²) >= 11 is 0. The van der Waals surface area contributed by atoms with Crippen LogP contribution in [0.3, 0.4) is 0 Å². The maximum atomic E-state index is 11.8. The van der Waals surface area contributed by atoms with E-state index in [2.05, 4.69) is 27.7 Å². The van der Waals surface area contributed by atoms with E-state index in [9.17, 15) is 4.79 Å². The van der Waals surface area contributed by atoms with E-state index < -0.39 is 0 Å². The normalized spacial score (nSPS) is 47.5. The smallest absolute Gasteiger partial charge is 0.132 e. The zero-order valence-electron chi connectivity index (χ0n) is 16.6. The molecule has 0 aromatic heterocycles. The Morgan fingerprint density at radius 2 is 1.84 bits per heavy atom. The summed E-state index contributed by atoms with van der Waals surface area (Å²) in [5.41, 5.74) is -0.262. The fraction of sp³-hybridized carbons (Fsp3) is 0.952. The van der Waals surface area contributed by atoms with Crippen molar-refractivity contribution in [1.29, 1.82) is 0 Å². The van der Waals surface area contributed by atoms with E-state index >= 15 is 0 Å². The molecule has 0 amide bonds. The quantitative estimate of drug-likeness (QED) is 0.767. The maximum Gasteiger partial charge on any atom is 0.132 e. The molecule has 3 aliphatic rings. The predicted molar refractivity (Wildman–Crippen MR) is 97.5 cm³/mol. The van der Waals surface area contributed by atoms with Gasteiger partial charge in [0.05, 0.1) is 18.8 Å². The molecule has 3 fully saturated rings. The van der Waals surface area contributed by atoms with Crippen LogP contribution in [0.1, 0.15) is 66.7 Å². The van der Waals surface area contributed by atoms with Crippen molar-refractivity contribution >= 4 is 5.78 Å². The van der Waals surface area contributed by atoms with Crippen molar-refractivity contribution in [1.82, 2.24) is 0 Å². The fourth-order valence-corrected chi connectivity index (χ4v) is 6.00.